The first-order valence-corrected chi connectivity index (χ1v) is 10.0. The van der Waals surface area contributed by atoms with Gasteiger partial charge in [-0.25, -0.2) is 4.39 Å². The molecule has 0 saturated carbocycles. The summed E-state index contributed by atoms with van der Waals surface area (Å²) in [6.07, 6.45) is 3.39. The second-order valence-corrected chi connectivity index (χ2v) is 7.47. The maximum absolute atomic E-state index is 13.7. The SMILES string of the molecule is CCNCCN1CCCc2[nH]c(C=C3C(=O)Nc4ccc(F)cc43)c(C)c2C1=O. The molecule has 3 N–H and O–H groups in total. The topological polar surface area (TPSA) is 77.2 Å². The molecular formula is C22H25FN4O2. The van der Waals surface area contributed by atoms with Crippen LogP contribution in [0.4, 0.5) is 10.1 Å². The van der Waals surface area contributed by atoms with E-state index in [-0.39, 0.29) is 11.8 Å². The number of carbonyl (C=O) groups excluding carboxylic acids is 2. The summed E-state index contributed by atoms with van der Waals surface area (Å²) in [5, 5.41) is 6.02. The van der Waals surface area contributed by atoms with Gasteiger partial charge in [-0.2, -0.15) is 0 Å². The van der Waals surface area contributed by atoms with Gasteiger partial charge in [0.2, 0.25) is 0 Å². The van der Waals surface area contributed by atoms with Crippen LogP contribution in [0.15, 0.2) is 18.2 Å². The second-order valence-electron chi connectivity index (χ2n) is 7.47. The molecule has 0 saturated heterocycles. The van der Waals surface area contributed by atoms with Crippen molar-refractivity contribution in [2.45, 2.75) is 26.7 Å². The van der Waals surface area contributed by atoms with Gasteiger partial charge in [0, 0.05) is 42.3 Å². The standard InChI is InChI=1S/C22H25FN4O2/c1-3-24-8-10-27-9-4-5-18-20(22(27)29)13(2)19(25-18)12-16-15-11-14(23)6-7-17(15)26-21(16)28/h6-7,11-12,24-25H,3-5,8-10H2,1-2H3,(H,26,28). The van der Waals surface area contributed by atoms with Gasteiger partial charge in [-0.15, -0.1) is 0 Å². The minimum Gasteiger partial charge on any atom is -0.358 e. The second kappa shape index (κ2) is 7.83. The summed E-state index contributed by atoms with van der Waals surface area (Å²) >= 11 is 0. The van der Waals surface area contributed by atoms with Gasteiger partial charge in [0.05, 0.1) is 11.1 Å². The fourth-order valence-electron chi connectivity index (χ4n) is 4.06. The van der Waals surface area contributed by atoms with Gasteiger partial charge in [0.25, 0.3) is 11.8 Å². The molecule has 1 aromatic carbocycles. The maximum atomic E-state index is 13.7. The van der Waals surface area contributed by atoms with E-state index in [9.17, 15) is 14.0 Å². The van der Waals surface area contributed by atoms with Crippen molar-refractivity contribution in [1.82, 2.24) is 15.2 Å². The number of nitrogens with zero attached hydrogens (tertiary/aromatic N) is 1. The summed E-state index contributed by atoms with van der Waals surface area (Å²) in [6.45, 7) is 6.98. The Balaban J connectivity index is 1.69. The highest BCUT2D eigenvalue weighted by molar-refractivity contribution is 6.34. The zero-order chi connectivity index (χ0) is 20.5. The number of amides is 2. The van der Waals surface area contributed by atoms with E-state index in [1.165, 1.54) is 12.1 Å². The number of carbonyl (C=O) groups is 2. The van der Waals surface area contributed by atoms with Crippen LogP contribution in [0.2, 0.25) is 0 Å². The number of anilines is 1. The number of hydrogen-bond donors (Lipinski definition) is 3. The van der Waals surface area contributed by atoms with Crippen LogP contribution in [0.3, 0.4) is 0 Å². The highest BCUT2D eigenvalue weighted by Crippen LogP contribution is 2.35. The van der Waals surface area contributed by atoms with Crippen molar-refractivity contribution in [1.29, 1.82) is 0 Å². The highest BCUT2D eigenvalue weighted by Gasteiger charge is 2.29. The monoisotopic (exact) mass is 396 g/mol. The number of rotatable bonds is 5. The molecule has 2 amide bonds. The lowest BCUT2D eigenvalue weighted by molar-refractivity contribution is -0.110. The predicted molar refractivity (Wildman–Crippen MR) is 111 cm³/mol. The Morgan fingerprint density at radius 1 is 1.31 bits per heavy atom. The molecule has 0 aliphatic carbocycles. The lowest BCUT2D eigenvalue weighted by Gasteiger charge is -2.21. The number of aromatic amines is 1. The largest absolute Gasteiger partial charge is 0.358 e. The summed E-state index contributed by atoms with van der Waals surface area (Å²) in [7, 11) is 0. The van der Waals surface area contributed by atoms with Crippen LogP contribution in [0.25, 0.3) is 11.6 Å². The smallest absolute Gasteiger partial charge is 0.256 e. The number of hydrogen-bond acceptors (Lipinski definition) is 3. The van der Waals surface area contributed by atoms with Gasteiger partial charge in [0.15, 0.2) is 0 Å². The lowest BCUT2D eigenvalue weighted by Crippen LogP contribution is -2.37. The van der Waals surface area contributed by atoms with Crippen molar-refractivity contribution < 1.29 is 14.0 Å². The third-order valence-electron chi connectivity index (χ3n) is 5.58. The Morgan fingerprint density at radius 2 is 2.14 bits per heavy atom. The van der Waals surface area contributed by atoms with Crippen LogP contribution in [0, 0.1) is 12.7 Å². The van der Waals surface area contributed by atoms with E-state index in [1.54, 1.807) is 12.1 Å². The molecule has 152 valence electrons. The van der Waals surface area contributed by atoms with Crippen molar-refractivity contribution in [2.24, 2.45) is 0 Å². The molecular weight excluding hydrogens is 371 g/mol. The van der Waals surface area contributed by atoms with E-state index in [2.05, 4.69) is 15.6 Å². The van der Waals surface area contributed by atoms with Crippen molar-refractivity contribution >= 4 is 29.2 Å². The van der Waals surface area contributed by atoms with Gasteiger partial charge >= 0.3 is 0 Å². The molecule has 7 heteroatoms. The Kier molecular flexibility index (Phi) is 5.24. The average molecular weight is 396 g/mol. The van der Waals surface area contributed by atoms with Crippen molar-refractivity contribution in [3.63, 3.8) is 0 Å². The van der Waals surface area contributed by atoms with Crippen molar-refractivity contribution in [3.05, 3.63) is 52.1 Å². The molecule has 0 atom stereocenters. The zero-order valence-corrected chi connectivity index (χ0v) is 16.7. The van der Waals surface area contributed by atoms with Crippen LogP contribution in [0.5, 0.6) is 0 Å². The molecule has 1 aromatic heterocycles. The molecule has 0 radical (unpaired) electrons. The van der Waals surface area contributed by atoms with Gasteiger partial charge in [0.1, 0.15) is 5.82 Å². The molecule has 6 nitrogen and oxygen atoms in total. The number of aromatic nitrogens is 1. The van der Waals surface area contributed by atoms with Crippen LogP contribution in [-0.2, 0) is 11.2 Å². The quantitative estimate of drug-likeness (QED) is 0.537. The Hall–Kier alpha value is -2.93. The molecule has 2 aromatic rings. The Bertz CT molecular complexity index is 1010. The van der Waals surface area contributed by atoms with Crippen molar-refractivity contribution in [3.8, 4) is 0 Å². The highest BCUT2D eigenvalue weighted by atomic mass is 19.1. The molecule has 0 fully saturated rings. The number of likely N-dealkylation sites (N-methyl/N-ethyl adjacent to an activating group) is 1. The Morgan fingerprint density at radius 3 is 2.93 bits per heavy atom. The van der Waals surface area contributed by atoms with Crippen LogP contribution >= 0.6 is 0 Å². The molecule has 2 aliphatic rings. The average Bonchev–Trinajstić information content (AvgIpc) is 3.11. The van der Waals surface area contributed by atoms with E-state index in [1.807, 2.05) is 18.7 Å². The normalized spacial score (nSPS) is 17.3. The molecule has 3 heterocycles. The number of nitrogens with one attached hydrogen (secondary N) is 3. The molecule has 0 bridgehead atoms. The first-order valence-electron chi connectivity index (χ1n) is 10.0. The van der Waals surface area contributed by atoms with E-state index in [4.69, 9.17) is 0 Å². The molecule has 0 spiro atoms. The van der Waals surface area contributed by atoms with E-state index >= 15 is 0 Å². The number of benzene rings is 1. The maximum Gasteiger partial charge on any atom is 0.256 e. The van der Waals surface area contributed by atoms with E-state index < -0.39 is 5.82 Å². The van der Waals surface area contributed by atoms with Gasteiger partial charge in [-0.1, -0.05) is 6.92 Å². The predicted octanol–water partition coefficient (Wildman–Crippen LogP) is 2.95. The summed E-state index contributed by atoms with van der Waals surface area (Å²) in [6, 6.07) is 4.24. The zero-order valence-electron chi connectivity index (χ0n) is 16.7. The molecule has 0 unspecified atom stereocenters. The number of halogens is 1. The number of H-pyrrole nitrogens is 1. The number of aryl methyl sites for hydroxylation is 1. The first-order chi connectivity index (χ1) is 14.0. The fourth-order valence-corrected chi connectivity index (χ4v) is 4.06. The summed E-state index contributed by atoms with van der Waals surface area (Å²) in [5.74, 6) is -0.638. The van der Waals surface area contributed by atoms with Gasteiger partial charge in [-0.05, 0) is 56.1 Å². The molecule has 4 rings (SSSR count). The third-order valence-corrected chi connectivity index (χ3v) is 5.58. The molecule has 29 heavy (non-hydrogen) atoms. The third kappa shape index (κ3) is 3.58. The minimum atomic E-state index is -0.392. The van der Waals surface area contributed by atoms with Crippen LogP contribution < -0.4 is 10.6 Å². The Labute approximate surface area is 169 Å². The van der Waals surface area contributed by atoms with Crippen LogP contribution in [-0.4, -0.2) is 47.9 Å². The van der Waals surface area contributed by atoms with Gasteiger partial charge < -0.3 is 20.5 Å². The number of fused-ring (bicyclic) bond motifs is 2. The summed E-state index contributed by atoms with van der Waals surface area (Å²) < 4.78 is 13.7. The fraction of sp³-hybridized carbons (Fsp3) is 0.364. The van der Waals surface area contributed by atoms with Crippen molar-refractivity contribution in [2.75, 3.05) is 31.5 Å². The van der Waals surface area contributed by atoms with Crippen LogP contribution in [0.1, 0.15) is 46.2 Å². The summed E-state index contributed by atoms with van der Waals surface area (Å²) in [4.78, 5) is 30.8. The first kappa shape index (κ1) is 19.4. The molecule has 2 aliphatic heterocycles. The van der Waals surface area contributed by atoms with E-state index in [0.29, 0.717) is 28.9 Å². The van der Waals surface area contributed by atoms with Gasteiger partial charge in [-0.3, -0.25) is 9.59 Å². The summed E-state index contributed by atoms with van der Waals surface area (Å²) in [5.41, 5.74) is 4.68. The van der Waals surface area contributed by atoms with E-state index in [0.717, 1.165) is 49.4 Å². The lowest BCUT2D eigenvalue weighted by atomic mass is 10.0. The minimum absolute atomic E-state index is 0.0242.